The molecule has 2 heterocycles. The lowest BCUT2D eigenvalue weighted by molar-refractivity contribution is 0.159. The quantitative estimate of drug-likeness (QED) is 0.727. The third-order valence-corrected chi connectivity index (χ3v) is 4.23. The normalized spacial score (nSPS) is 16.7. The SMILES string of the molecule is CCCCC[C@@H](c1ccc(Br)cn1)N1CCNCC1.Cl.Cl. The van der Waals surface area contributed by atoms with Crippen molar-refractivity contribution in [3.8, 4) is 0 Å². The standard InChI is InChI=1S/C15H24BrN3.2ClH/c1-2-3-4-5-15(19-10-8-17-9-11-19)14-7-6-13(16)12-18-14;;/h6-7,12,15,17H,2-5,8-11H2,1H3;2*1H/t15-;;/m0../s1. The fourth-order valence-electron chi connectivity index (χ4n) is 2.68. The summed E-state index contributed by atoms with van der Waals surface area (Å²) in [5.74, 6) is 0. The van der Waals surface area contributed by atoms with Gasteiger partial charge in [-0.25, -0.2) is 0 Å². The average Bonchev–Trinajstić information content (AvgIpc) is 2.46. The minimum Gasteiger partial charge on any atom is -0.314 e. The highest BCUT2D eigenvalue weighted by Crippen LogP contribution is 2.26. The van der Waals surface area contributed by atoms with Crippen LogP contribution in [0.15, 0.2) is 22.8 Å². The van der Waals surface area contributed by atoms with E-state index < -0.39 is 0 Å². The summed E-state index contributed by atoms with van der Waals surface area (Å²) >= 11 is 3.47. The van der Waals surface area contributed by atoms with Gasteiger partial charge in [-0.2, -0.15) is 0 Å². The van der Waals surface area contributed by atoms with Gasteiger partial charge in [0.05, 0.1) is 11.7 Å². The van der Waals surface area contributed by atoms with Gasteiger partial charge in [-0.3, -0.25) is 9.88 Å². The number of unbranched alkanes of at least 4 members (excludes halogenated alkanes) is 2. The molecule has 1 saturated heterocycles. The van der Waals surface area contributed by atoms with Crippen molar-refractivity contribution < 1.29 is 0 Å². The van der Waals surface area contributed by atoms with E-state index in [1.165, 1.54) is 31.4 Å². The summed E-state index contributed by atoms with van der Waals surface area (Å²) in [5.41, 5.74) is 1.22. The summed E-state index contributed by atoms with van der Waals surface area (Å²) in [5, 5.41) is 3.43. The maximum atomic E-state index is 4.62. The van der Waals surface area contributed by atoms with Crippen molar-refractivity contribution in [2.75, 3.05) is 26.2 Å². The topological polar surface area (TPSA) is 28.2 Å². The first kappa shape index (κ1) is 21.1. The molecule has 122 valence electrons. The van der Waals surface area contributed by atoms with Crippen molar-refractivity contribution in [1.29, 1.82) is 0 Å². The number of nitrogens with zero attached hydrogens (tertiary/aromatic N) is 2. The molecule has 0 spiro atoms. The number of aromatic nitrogens is 1. The Morgan fingerprint density at radius 1 is 1.24 bits per heavy atom. The van der Waals surface area contributed by atoms with Crippen LogP contribution in [-0.2, 0) is 0 Å². The second-order valence-electron chi connectivity index (χ2n) is 5.20. The first-order chi connectivity index (χ1) is 9.31. The van der Waals surface area contributed by atoms with E-state index in [-0.39, 0.29) is 24.8 Å². The number of hydrogen-bond acceptors (Lipinski definition) is 3. The zero-order valence-electron chi connectivity index (χ0n) is 12.6. The molecule has 1 aliphatic rings. The van der Waals surface area contributed by atoms with Crippen LogP contribution in [0.5, 0.6) is 0 Å². The Bertz CT molecular complexity index is 370. The van der Waals surface area contributed by atoms with Gasteiger partial charge in [0.15, 0.2) is 0 Å². The van der Waals surface area contributed by atoms with Gasteiger partial charge in [-0.15, -0.1) is 24.8 Å². The molecule has 3 nitrogen and oxygen atoms in total. The molecule has 0 saturated carbocycles. The zero-order chi connectivity index (χ0) is 13.5. The largest absolute Gasteiger partial charge is 0.314 e. The van der Waals surface area contributed by atoms with E-state index in [1.807, 2.05) is 6.20 Å². The van der Waals surface area contributed by atoms with Gasteiger partial charge in [0, 0.05) is 36.8 Å². The summed E-state index contributed by atoms with van der Waals surface area (Å²) in [6, 6.07) is 4.77. The molecule has 0 unspecified atom stereocenters. The number of halogens is 3. The van der Waals surface area contributed by atoms with Crippen molar-refractivity contribution in [3.63, 3.8) is 0 Å². The predicted molar refractivity (Wildman–Crippen MR) is 97.8 cm³/mol. The van der Waals surface area contributed by atoms with Gasteiger partial charge in [0.2, 0.25) is 0 Å². The molecule has 0 aliphatic carbocycles. The van der Waals surface area contributed by atoms with Gasteiger partial charge in [0.1, 0.15) is 0 Å². The molecule has 1 aliphatic heterocycles. The molecule has 1 atom stereocenters. The van der Waals surface area contributed by atoms with Crippen LogP contribution >= 0.6 is 40.7 Å². The number of rotatable bonds is 6. The lowest BCUT2D eigenvalue weighted by Crippen LogP contribution is -2.45. The first-order valence-electron chi connectivity index (χ1n) is 7.37. The predicted octanol–water partition coefficient (Wildman–Crippen LogP) is 4.21. The molecule has 1 aromatic rings. The van der Waals surface area contributed by atoms with Crippen molar-refractivity contribution in [2.45, 2.75) is 38.6 Å². The fraction of sp³-hybridized carbons (Fsp3) is 0.667. The molecule has 0 amide bonds. The van der Waals surface area contributed by atoms with Crippen LogP contribution in [0, 0.1) is 0 Å². The maximum Gasteiger partial charge on any atom is 0.0576 e. The molecule has 6 heteroatoms. The highest BCUT2D eigenvalue weighted by molar-refractivity contribution is 9.10. The highest BCUT2D eigenvalue weighted by Gasteiger charge is 2.22. The van der Waals surface area contributed by atoms with Gasteiger partial charge in [0.25, 0.3) is 0 Å². The Morgan fingerprint density at radius 3 is 2.52 bits per heavy atom. The number of hydrogen-bond donors (Lipinski definition) is 1. The third-order valence-electron chi connectivity index (χ3n) is 3.77. The lowest BCUT2D eigenvalue weighted by atomic mass is 10.0. The Morgan fingerprint density at radius 2 is 1.95 bits per heavy atom. The summed E-state index contributed by atoms with van der Waals surface area (Å²) in [7, 11) is 0. The molecule has 2 rings (SSSR count). The number of nitrogens with one attached hydrogen (secondary N) is 1. The number of pyridine rings is 1. The van der Waals surface area contributed by atoms with Crippen molar-refractivity contribution in [3.05, 3.63) is 28.5 Å². The van der Waals surface area contributed by atoms with E-state index >= 15 is 0 Å². The Kier molecular flexibility index (Phi) is 11.7. The summed E-state index contributed by atoms with van der Waals surface area (Å²) in [6.07, 6.45) is 7.04. The van der Waals surface area contributed by atoms with E-state index in [0.29, 0.717) is 6.04 Å². The smallest absolute Gasteiger partial charge is 0.0576 e. The second-order valence-corrected chi connectivity index (χ2v) is 6.11. The Balaban J connectivity index is 0.00000200. The molecule has 1 aromatic heterocycles. The van der Waals surface area contributed by atoms with Gasteiger partial charge in [-0.05, 0) is 34.5 Å². The highest BCUT2D eigenvalue weighted by atomic mass is 79.9. The Labute approximate surface area is 149 Å². The van der Waals surface area contributed by atoms with Crippen molar-refractivity contribution >= 4 is 40.7 Å². The summed E-state index contributed by atoms with van der Waals surface area (Å²) < 4.78 is 1.06. The average molecular weight is 399 g/mol. The van der Waals surface area contributed by atoms with Crippen LogP contribution in [0.25, 0.3) is 0 Å². The summed E-state index contributed by atoms with van der Waals surface area (Å²) in [4.78, 5) is 7.21. The molecule has 0 aromatic carbocycles. The molecular weight excluding hydrogens is 373 g/mol. The van der Waals surface area contributed by atoms with Crippen LogP contribution < -0.4 is 5.32 Å². The van der Waals surface area contributed by atoms with Crippen molar-refractivity contribution in [1.82, 2.24) is 15.2 Å². The van der Waals surface area contributed by atoms with E-state index in [1.54, 1.807) is 0 Å². The maximum absolute atomic E-state index is 4.62. The lowest BCUT2D eigenvalue weighted by Gasteiger charge is -2.34. The van der Waals surface area contributed by atoms with E-state index in [9.17, 15) is 0 Å². The first-order valence-corrected chi connectivity index (χ1v) is 8.16. The number of piperazine rings is 1. The molecule has 1 fully saturated rings. The van der Waals surface area contributed by atoms with Crippen LogP contribution in [0.4, 0.5) is 0 Å². The Hall–Kier alpha value is 0.130. The molecule has 0 bridgehead atoms. The van der Waals surface area contributed by atoms with E-state index in [0.717, 1.165) is 30.7 Å². The van der Waals surface area contributed by atoms with Gasteiger partial charge < -0.3 is 5.32 Å². The van der Waals surface area contributed by atoms with Crippen LogP contribution in [-0.4, -0.2) is 36.1 Å². The van der Waals surface area contributed by atoms with E-state index in [4.69, 9.17) is 0 Å². The molecular formula is C15H26BrCl2N3. The molecule has 1 N–H and O–H groups in total. The van der Waals surface area contributed by atoms with Gasteiger partial charge >= 0.3 is 0 Å². The molecule has 21 heavy (non-hydrogen) atoms. The van der Waals surface area contributed by atoms with E-state index in [2.05, 4.69) is 50.2 Å². The second kappa shape index (κ2) is 11.7. The van der Waals surface area contributed by atoms with Crippen LogP contribution in [0.3, 0.4) is 0 Å². The van der Waals surface area contributed by atoms with Gasteiger partial charge in [-0.1, -0.05) is 26.2 Å². The van der Waals surface area contributed by atoms with Crippen LogP contribution in [0.1, 0.15) is 44.3 Å². The third kappa shape index (κ3) is 6.83. The minimum atomic E-state index is 0. The zero-order valence-corrected chi connectivity index (χ0v) is 15.8. The summed E-state index contributed by atoms with van der Waals surface area (Å²) in [6.45, 7) is 6.72. The minimum absolute atomic E-state index is 0. The molecule has 0 radical (unpaired) electrons. The fourth-order valence-corrected chi connectivity index (χ4v) is 2.92. The van der Waals surface area contributed by atoms with Crippen LogP contribution in [0.2, 0.25) is 0 Å². The monoisotopic (exact) mass is 397 g/mol. The van der Waals surface area contributed by atoms with Crippen molar-refractivity contribution in [2.24, 2.45) is 0 Å².